The van der Waals surface area contributed by atoms with Crippen LogP contribution < -0.4 is 0 Å². The molecule has 0 bridgehead atoms. The summed E-state index contributed by atoms with van der Waals surface area (Å²) in [6.45, 7) is 7.87. The fourth-order valence-electron chi connectivity index (χ4n) is 2.47. The van der Waals surface area contributed by atoms with Crippen molar-refractivity contribution in [3.63, 3.8) is 0 Å². The lowest BCUT2D eigenvalue weighted by atomic mass is 9.90. The van der Waals surface area contributed by atoms with Crippen LogP contribution in [0.15, 0.2) is 24.3 Å². The molecule has 1 aliphatic rings. The summed E-state index contributed by atoms with van der Waals surface area (Å²) in [6.07, 6.45) is 0. The van der Waals surface area contributed by atoms with E-state index in [-0.39, 0.29) is 5.82 Å². The molecule has 2 rings (SSSR count). The number of nitrogens with zero attached hydrogens (tertiary/aromatic N) is 1. The molecule has 1 saturated heterocycles. The Hall–Kier alpha value is -0.890. The number of rotatable bonds is 2. The first-order valence-corrected chi connectivity index (χ1v) is 5.68. The van der Waals surface area contributed by atoms with Gasteiger partial charge < -0.3 is 4.90 Å². The molecule has 15 heavy (non-hydrogen) atoms. The summed E-state index contributed by atoms with van der Waals surface area (Å²) in [5.74, 6) is 1.11. The van der Waals surface area contributed by atoms with Crippen LogP contribution in [0.25, 0.3) is 0 Å². The van der Waals surface area contributed by atoms with Gasteiger partial charge in [-0.25, -0.2) is 4.39 Å². The van der Waals surface area contributed by atoms with Crippen LogP contribution in [0.3, 0.4) is 0 Å². The first-order chi connectivity index (χ1) is 7.20. The van der Waals surface area contributed by atoms with Crippen molar-refractivity contribution in [1.82, 2.24) is 4.90 Å². The van der Waals surface area contributed by atoms with Gasteiger partial charge in [-0.15, -0.1) is 0 Å². The first kappa shape index (κ1) is 10.6. The molecule has 1 aromatic carbocycles. The van der Waals surface area contributed by atoms with E-state index in [1.807, 2.05) is 12.1 Å². The monoisotopic (exact) mass is 207 g/mol. The normalized spacial score (nSPS) is 27.1. The molecule has 1 aromatic rings. The summed E-state index contributed by atoms with van der Waals surface area (Å²) in [5.41, 5.74) is 1.28. The van der Waals surface area contributed by atoms with Gasteiger partial charge in [0.05, 0.1) is 0 Å². The molecule has 0 N–H and O–H groups in total. The maximum atomic E-state index is 12.8. The molecule has 1 heterocycles. The SMILES string of the molecule is CCN1C[C@@H](C)[C@H](c2ccc(F)cc2)C1. The fraction of sp³-hybridized carbons (Fsp3) is 0.538. The molecular formula is C13H18FN. The Morgan fingerprint density at radius 2 is 1.93 bits per heavy atom. The Balaban J connectivity index is 2.14. The molecule has 0 unspecified atom stereocenters. The predicted molar refractivity (Wildman–Crippen MR) is 60.4 cm³/mol. The summed E-state index contributed by atoms with van der Waals surface area (Å²) in [5, 5.41) is 0. The first-order valence-electron chi connectivity index (χ1n) is 5.68. The van der Waals surface area contributed by atoms with E-state index in [0.717, 1.165) is 13.1 Å². The second kappa shape index (κ2) is 4.31. The smallest absolute Gasteiger partial charge is 0.123 e. The topological polar surface area (TPSA) is 3.24 Å². The van der Waals surface area contributed by atoms with Crippen LogP contribution in [0.2, 0.25) is 0 Å². The molecule has 2 atom stereocenters. The number of benzene rings is 1. The van der Waals surface area contributed by atoms with Gasteiger partial charge in [-0.2, -0.15) is 0 Å². The lowest BCUT2D eigenvalue weighted by molar-refractivity contribution is 0.345. The molecule has 0 aromatic heterocycles. The van der Waals surface area contributed by atoms with E-state index < -0.39 is 0 Å². The van der Waals surface area contributed by atoms with Crippen LogP contribution in [0.5, 0.6) is 0 Å². The highest BCUT2D eigenvalue weighted by Crippen LogP contribution is 2.31. The van der Waals surface area contributed by atoms with Crippen molar-refractivity contribution in [3.8, 4) is 0 Å². The Bertz CT molecular complexity index is 320. The summed E-state index contributed by atoms with van der Waals surface area (Å²) in [7, 11) is 0. The van der Waals surface area contributed by atoms with Crippen molar-refractivity contribution in [2.75, 3.05) is 19.6 Å². The molecule has 82 valence electrons. The highest BCUT2D eigenvalue weighted by Gasteiger charge is 2.29. The minimum Gasteiger partial charge on any atom is -0.303 e. The van der Waals surface area contributed by atoms with Gasteiger partial charge in [0.15, 0.2) is 0 Å². The zero-order valence-electron chi connectivity index (χ0n) is 9.41. The van der Waals surface area contributed by atoms with Gasteiger partial charge in [0, 0.05) is 19.0 Å². The van der Waals surface area contributed by atoms with Crippen molar-refractivity contribution in [2.45, 2.75) is 19.8 Å². The molecule has 0 spiro atoms. The lowest BCUT2D eigenvalue weighted by Crippen LogP contribution is -2.19. The number of hydrogen-bond acceptors (Lipinski definition) is 1. The van der Waals surface area contributed by atoms with Crippen molar-refractivity contribution in [1.29, 1.82) is 0 Å². The molecule has 0 radical (unpaired) electrons. The quantitative estimate of drug-likeness (QED) is 0.720. The van der Waals surface area contributed by atoms with E-state index in [0.29, 0.717) is 11.8 Å². The second-order valence-corrected chi connectivity index (χ2v) is 4.49. The summed E-state index contributed by atoms with van der Waals surface area (Å²) in [6, 6.07) is 6.98. The van der Waals surface area contributed by atoms with Gasteiger partial charge in [-0.1, -0.05) is 26.0 Å². The van der Waals surface area contributed by atoms with E-state index in [2.05, 4.69) is 18.7 Å². The van der Waals surface area contributed by atoms with Gasteiger partial charge in [0.2, 0.25) is 0 Å². The molecule has 0 amide bonds. The average molecular weight is 207 g/mol. The standard InChI is InChI=1S/C13H18FN/c1-3-15-8-10(2)13(9-15)11-4-6-12(14)7-5-11/h4-7,10,13H,3,8-9H2,1-2H3/t10-,13-/m1/s1. The molecule has 1 nitrogen and oxygen atoms in total. The Morgan fingerprint density at radius 1 is 1.27 bits per heavy atom. The third-order valence-corrected chi connectivity index (χ3v) is 3.43. The van der Waals surface area contributed by atoms with Crippen molar-refractivity contribution >= 4 is 0 Å². The second-order valence-electron chi connectivity index (χ2n) is 4.49. The largest absolute Gasteiger partial charge is 0.303 e. The molecule has 0 aliphatic carbocycles. The molecule has 1 fully saturated rings. The molecule has 1 aliphatic heterocycles. The van der Waals surface area contributed by atoms with Gasteiger partial charge in [0.25, 0.3) is 0 Å². The Kier molecular flexibility index (Phi) is 3.06. The lowest BCUT2D eigenvalue weighted by Gasteiger charge is -2.14. The third kappa shape index (κ3) is 2.20. The van der Waals surface area contributed by atoms with Gasteiger partial charge in [-0.3, -0.25) is 0 Å². The van der Waals surface area contributed by atoms with Gasteiger partial charge in [-0.05, 0) is 30.2 Å². The van der Waals surface area contributed by atoms with E-state index in [9.17, 15) is 4.39 Å². The third-order valence-electron chi connectivity index (χ3n) is 3.43. The number of hydrogen-bond donors (Lipinski definition) is 0. The maximum absolute atomic E-state index is 12.8. The van der Waals surface area contributed by atoms with Gasteiger partial charge >= 0.3 is 0 Å². The van der Waals surface area contributed by atoms with Crippen LogP contribution in [0.4, 0.5) is 4.39 Å². The van der Waals surface area contributed by atoms with Crippen molar-refractivity contribution in [3.05, 3.63) is 35.6 Å². The highest BCUT2D eigenvalue weighted by molar-refractivity contribution is 5.22. The van der Waals surface area contributed by atoms with Crippen LogP contribution in [-0.2, 0) is 0 Å². The zero-order chi connectivity index (χ0) is 10.8. The number of likely N-dealkylation sites (N-methyl/N-ethyl adjacent to an activating group) is 1. The summed E-state index contributed by atoms with van der Waals surface area (Å²) >= 11 is 0. The number of likely N-dealkylation sites (tertiary alicyclic amines) is 1. The summed E-state index contributed by atoms with van der Waals surface area (Å²) < 4.78 is 12.8. The molecule has 2 heteroatoms. The van der Waals surface area contributed by atoms with E-state index >= 15 is 0 Å². The van der Waals surface area contributed by atoms with E-state index in [4.69, 9.17) is 0 Å². The fourth-order valence-corrected chi connectivity index (χ4v) is 2.47. The van der Waals surface area contributed by atoms with Crippen LogP contribution in [0, 0.1) is 11.7 Å². The minimum atomic E-state index is -0.142. The average Bonchev–Trinajstić information content (AvgIpc) is 2.61. The minimum absolute atomic E-state index is 0.142. The molecular weight excluding hydrogens is 189 g/mol. The van der Waals surface area contributed by atoms with Crippen LogP contribution >= 0.6 is 0 Å². The summed E-state index contributed by atoms with van der Waals surface area (Å²) in [4.78, 5) is 2.46. The Labute approximate surface area is 90.9 Å². The predicted octanol–water partition coefficient (Wildman–Crippen LogP) is 2.88. The van der Waals surface area contributed by atoms with Crippen LogP contribution in [0.1, 0.15) is 25.3 Å². The van der Waals surface area contributed by atoms with E-state index in [1.165, 1.54) is 12.1 Å². The zero-order valence-corrected chi connectivity index (χ0v) is 9.41. The van der Waals surface area contributed by atoms with Crippen molar-refractivity contribution in [2.24, 2.45) is 5.92 Å². The molecule has 0 saturated carbocycles. The maximum Gasteiger partial charge on any atom is 0.123 e. The van der Waals surface area contributed by atoms with Gasteiger partial charge in [0.1, 0.15) is 5.82 Å². The highest BCUT2D eigenvalue weighted by atomic mass is 19.1. The van der Waals surface area contributed by atoms with Crippen molar-refractivity contribution < 1.29 is 4.39 Å². The Morgan fingerprint density at radius 3 is 2.47 bits per heavy atom. The van der Waals surface area contributed by atoms with E-state index in [1.54, 1.807) is 12.1 Å². The van der Waals surface area contributed by atoms with Crippen LogP contribution in [-0.4, -0.2) is 24.5 Å². The number of halogens is 1.